The second-order valence-electron chi connectivity index (χ2n) is 25.8. The highest BCUT2D eigenvalue weighted by atomic mass is 15.2. The minimum absolute atomic E-state index is 0.0389. The van der Waals surface area contributed by atoms with Crippen LogP contribution in [0.5, 0.6) is 0 Å². The summed E-state index contributed by atoms with van der Waals surface area (Å²) in [5, 5.41) is 17.4. The van der Waals surface area contributed by atoms with Gasteiger partial charge in [0, 0.05) is 84.0 Å². The van der Waals surface area contributed by atoms with E-state index in [4.69, 9.17) is 0 Å². The Morgan fingerprint density at radius 3 is 1.38 bits per heavy atom. The van der Waals surface area contributed by atoms with Crippen LogP contribution in [-0.2, 0) is 21.7 Å². The number of likely N-dealkylation sites (N-methyl/N-ethyl adjacent to an activating group) is 2. The first kappa shape index (κ1) is 61.5. The molecule has 12 rings (SSSR count). The molecule has 2 aliphatic heterocycles. The normalized spacial score (nSPS) is 18.2. The second kappa shape index (κ2) is 26.7. The van der Waals surface area contributed by atoms with E-state index in [9.17, 15) is 0 Å². The van der Waals surface area contributed by atoms with Crippen molar-refractivity contribution in [2.45, 2.75) is 107 Å². The lowest BCUT2D eigenvalue weighted by molar-refractivity contribution is 0.348. The van der Waals surface area contributed by atoms with E-state index in [0.717, 1.165) is 24.1 Å². The molecule has 4 aliphatic rings. The SMILES string of the molecule is C=C(/C=C/C=C/C=C/C=C/C=C1/N(C)c2ccc3ccccc3c2C1(C)C)C1(c2c(NC)ccc3ccccc23)CCCC1.C=C(/C=C/C=C/C=C/C=C/C=C1/N(C)c2ccc3ccccc3c2C12CCCCC2)C(C)(C)c1c(NC)ccc2ccccc12. The van der Waals surface area contributed by atoms with E-state index < -0.39 is 0 Å². The Morgan fingerprint density at radius 2 is 0.831 bits per heavy atom. The van der Waals surface area contributed by atoms with Crippen molar-refractivity contribution in [1.82, 2.24) is 0 Å². The largest absolute Gasteiger partial charge is 0.388 e. The number of allylic oxidation sites excluding steroid dienone is 22. The summed E-state index contributed by atoms with van der Waals surface area (Å²) in [6, 6.07) is 52.9. The first-order valence-corrected chi connectivity index (χ1v) is 32.4. The van der Waals surface area contributed by atoms with E-state index in [1.807, 2.05) is 14.1 Å². The molecule has 0 saturated heterocycles. The highest BCUT2D eigenvalue weighted by molar-refractivity contribution is 5.97. The van der Waals surface area contributed by atoms with Crippen molar-refractivity contribution in [3.63, 3.8) is 0 Å². The highest BCUT2D eigenvalue weighted by Gasteiger charge is 2.47. The minimum atomic E-state index is -0.231. The molecule has 8 aromatic carbocycles. The zero-order chi connectivity index (χ0) is 62.2. The van der Waals surface area contributed by atoms with Gasteiger partial charge in [0.1, 0.15) is 0 Å². The molecular formula is C85H90N4. The average molecular weight is 1170 g/mol. The summed E-state index contributed by atoms with van der Waals surface area (Å²) < 4.78 is 0. The molecule has 0 unspecified atom stereocenters. The van der Waals surface area contributed by atoms with Crippen LogP contribution >= 0.6 is 0 Å². The predicted octanol–water partition coefficient (Wildman–Crippen LogP) is 22.3. The van der Waals surface area contributed by atoms with Gasteiger partial charge in [-0.2, -0.15) is 0 Å². The number of anilines is 4. The Kier molecular flexibility index (Phi) is 18.5. The molecule has 4 heteroatoms. The van der Waals surface area contributed by atoms with Crippen molar-refractivity contribution in [2.24, 2.45) is 0 Å². The van der Waals surface area contributed by atoms with Crippen LogP contribution < -0.4 is 20.4 Å². The Balaban J connectivity index is 0.000000184. The maximum absolute atomic E-state index is 4.62. The number of rotatable bonds is 16. The van der Waals surface area contributed by atoms with Crippen LogP contribution in [0.4, 0.5) is 22.7 Å². The van der Waals surface area contributed by atoms with E-state index in [-0.39, 0.29) is 21.7 Å². The molecule has 0 radical (unpaired) electrons. The van der Waals surface area contributed by atoms with Gasteiger partial charge in [-0.1, -0.05) is 292 Å². The van der Waals surface area contributed by atoms with Crippen LogP contribution in [0.25, 0.3) is 43.1 Å². The molecule has 2 heterocycles. The maximum atomic E-state index is 4.62. The number of hydrogen-bond acceptors (Lipinski definition) is 4. The summed E-state index contributed by atoms with van der Waals surface area (Å²) in [4.78, 5) is 4.78. The summed E-state index contributed by atoms with van der Waals surface area (Å²) >= 11 is 0. The van der Waals surface area contributed by atoms with Crippen LogP contribution in [0, 0.1) is 0 Å². The van der Waals surface area contributed by atoms with Crippen molar-refractivity contribution in [3.05, 3.63) is 313 Å². The fraction of sp³-hybridized carbons (Fsp3) is 0.247. The van der Waals surface area contributed by atoms with Gasteiger partial charge in [0.05, 0.1) is 0 Å². The van der Waals surface area contributed by atoms with E-state index in [1.54, 1.807) is 5.56 Å². The van der Waals surface area contributed by atoms with E-state index >= 15 is 0 Å². The van der Waals surface area contributed by atoms with Gasteiger partial charge < -0.3 is 20.4 Å². The fourth-order valence-corrected chi connectivity index (χ4v) is 15.4. The third-order valence-electron chi connectivity index (χ3n) is 20.0. The van der Waals surface area contributed by atoms with Gasteiger partial charge in [-0.25, -0.2) is 0 Å². The lowest BCUT2D eigenvalue weighted by Crippen LogP contribution is -2.32. The summed E-state index contributed by atoms with van der Waals surface area (Å²) in [5.41, 5.74) is 15.4. The van der Waals surface area contributed by atoms with Crippen LogP contribution in [-0.4, -0.2) is 28.2 Å². The number of fused-ring (bicyclic) bond motifs is 9. The third-order valence-corrected chi connectivity index (χ3v) is 20.0. The Morgan fingerprint density at radius 1 is 0.427 bits per heavy atom. The standard InChI is InChI=1S/C43H46N2.C42H44N2/c1-32(42(2,3)40-35-23-16-14-21-33(35)26-28-37(40)44-4)20-12-9-7-6-8-10-13-25-39-43(30-18-11-19-31-43)41-36-24-17-15-22-34(36)27-29-38(41)45(39)5;1-31(42(29-17-18-30-42)39-34-22-15-13-20-32(34)25-27-36(39)43-4)19-11-9-7-6-8-10-12-24-38-41(2,3)40-35-23-16-14-21-33(35)26-28-37(40)44(38)5/h6-10,12-17,20-29,44H,1,11,18-19,30-31H2,2-5H3;6-16,19-28,43H,1,17-18,29-30H2,2-5H3/b8-6+,9-7+,13-10+,20-12+,39-25+;8-6+,9-7+,12-10+,19-11+,38-24+. The smallest absolute Gasteiger partial charge is 0.0454 e. The van der Waals surface area contributed by atoms with Gasteiger partial charge in [0.25, 0.3) is 0 Å². The number of benzene rings is 8. The third kappa shape index (κ3) is 11.9. The van der Waals surface area contributed by atoms with Crippen LogP contribution in [0.1, 0.15) is 108 Å². The van der Waals surface area contributed by atoms with Crippen LogP contribution in [0.3, 0.4) is 0 Å². The summed E-state index contributed by atoms with van der Waals surface area (Å²) in [7, 11) is 8.44. The van der Waals surface area contributed by atoms with Crippen molar-refractivity contribution < 1.29 is 0 Å². The lowest BCUT2D eigenvalue weighted by Gasteiger charge is -2.36. The van der Waals surface area contributed by atoms with Gasteiger partial charge in [0.2, 0.25) is 0 Å². The molecule has 89 heavy (non-hydrogen) atoms. The van der Waals surface area contributed by atoms with E-state index in [1.165, 1.54) is 139 Å². The van der Waals surface area contributed by atoms with Crippen molar-refractivity contribution in [1.29, 1.82) is 0 Å². The Labute approximate surface area is 531 Å². The van der Waals surface area contributed by atoms with Gasteiger partial charge >= 0.3 is 0 Å². The fourth-order valence-electron chi connectivity index (χ4n) is 15.4. The van der Waals surface area contributed by atoms with Crippen LogP contribution in [0.15, 0.2) is 291 Å². The molecule has 450 valence electrons. The minimum Gasteiger partial charge on any atom is -0.388 e. The zero-order valence-corrected chi connectivity index (χ0v) is 53.9. The molecule has 2 saturated carbocycles. The van der Waals surface area contributed by atoms with Crippen molar-refractivity contribution in [3.8, 4) is 0 Å². The van der Waals surface area contributed by atoms with Gasteiger partial charge in [-0.15, -0.1) is 0 Å². The highest BCUT2D eigenvalue weighted by Crippen LogP contribution is 2.57. The molecule has 0 amide bonds. The number of nitrogens with one attached hydrogen (secondary N) is 2. The second-order valence-corrected chi connectivity index (χ2v) is 25.8. The molecule has 2 N–H and O–H groups in total. The van der Waals surface area contributed by atoms with Crippen molar-refractivity contribution >= 4 is 65.8 Å². The Hall–Kier alpha value is -9.12. The molecule has 2 aliphatic carbocycles. The molecule has 0 aromatic heterocycles. The monoisotopic (exact) mass is 1170 g/mol. The van der Waals surface area contributed by atoms with E-state index in [0.29, 0.717) is 0 Å². The lowest BCUT2D eigenvalue weighted by atomic mass is 9.67. The topological polar surface area (TPSA) is 30.5 Å². The predicted molar refractivity (Wildman–Crippen MR) is 390 cm³/mol. The average Bonchev–Trinajstić information content (AvgIpc) is 1.81. The Bertz CT molecular complexity index is 4280. The molecule has 0 bridgehead atoms. The van der Waals surface area contributed by atoms with Gasteiger partial charge in [-0.05, 0) is 139 Å². The summed E-state index contributed by atoms with van der Waals surface area (Å²) in [6.07, 6.45) is 49.6. The summed E-state index contributed by atoms with van der Waals surface area (Å²) in [5.74, 6) is 0. The quantitative estimate of drug-likeness (QED) is 0.0944. The number of hydrogen-bond donors (Lipinski definition) is 2. The first-order valence-electron chi connectivity index (χ1n) is 32.4. The maximum Gasteiger partial charge on any atom is 0.0454 e. The molecule has 2 fully saturated rings. The first-order chi connectivity index (χ1) is 43.3. The molecule has 8 aromatic rings. The summed E-state index contributed by atoms with van der Waals surface area (Å²) in [6.45, 7) is 18.3. The van der Waals surface area contributed by atoms with Gasteiger partial charge in [0.15, 0.2) is 0 Å². The van der Waals surface area contributed by atoms with Crippen LogP contribution in [0.2, 0.25) is 0 Å². The van der Waals surface area contributed by atoms with Gasteiger partial charge in [-0.3, -0.25) is 0 Å². The molecule has 4 nitrogen and oxygen atoms in total. The molecule has 1 spiro atoms. The zero-order valence-electron chi connectivity index (χ0n) is 53.9. The van der Waals surface area contributed by atoms with E-state index in [2.05, 4.69) is 330 Å². The molecular weight excluding hydrogens is 1080 g/mol. The number of nitrogens with zero attached hydrogens (tertiary/aromatic N) is 2. The molecule has 0 atom stereocenters. The van der Waals surface area contributed by atoms with Crippen molar-refractivity contribution in [2.75, 3.05) is 48.6 Å².